The zero-order valence-electron chi connectivity index (χ0n) is 6.88. The Balaban J connectivity index is 2.71. The van der Waals surface area contributed by atoms with E-state index in [2.05, 4.69) is 22.6 Å². The van der Waals surface area contributed by atoms with E-state index >= 15 is 0 Å². The Kier molecular flexibility index (Phi) is 4.05. The van der Waals surface area contributed by atoms with Crippen molar-refractivity contribution in [3.8, 4) is 0 Å². The van der Waals surface area contributed by atoms with Crippen molar-refractivity contribution in [2.45, 2.75) is 18.9 Å². The van der Waals surface area contributed by atoms with E-state index in [1.54, 1.807) is 6.07 Å². The minimum absolute atomic E-state index is 0.278. The lowest BCUT2D eigenvalue weighted by molar-refractivity contribution is 0.128. The number of halogens is 3. The summed E-state index contributed by atoms with van der Waals surface area (Å²) >= 11 is 2.13. The maximum absolute atomic E-state index is 12.0. The molecule has 0 amide bonds. The van der Waals surface area contributed by atoms with Gasteiger partial charge >= 0.3 is 0 Å². The van der Waals surface area contributed by atoms with Crippen molar-refractivity contribution in [3.05, 3.63) is 33.4 Å². The van der Waals surface area contributed by atoms with E-state index < -0.39 is 12.5 Å². The van der Waals surface area contributed by atoms with Crippen LogP contribution in [-0.4, -0.2) is 6.43 Å². The average molecular weight is 297 g/mol. The molecular weight excluding hydrogens is 287 g/mol. The smallest absolute Gasteiger partial charge is 0.240 e. The van der Waals surface area contributed by atoms with Gasteiger partial charge in [0.2, 0.25) is 6.43 Å². The highest BCUT2D eigenvalue weighted by molar-refractivity contribution is 14.1. The summed E-state index contributed by atoms with van der Waals surface area (Å²) in [6.45, 7) is 0. The monoisotopic (exact) mass is 297 g/mol. The first-order valence-corrected chi connectivity index (χ1v) is 4.96. The van der Waals surface area contributed by atoms with Gasteiger partial charge in [-0.2, -0.15) is 0 Å². The SMILES string of the molecule is N[C@@H](CC(F)F)c1cccc(I)c1. The van der Waals surface area contributed by atoms with Crippen LogP contribution in [0, 0.1) is 3.57 Å². The summed E-state index contributed by atoms with van der Waals surface area (Å²) in [5, 5.41) is 0. The number of rotatable bonds is 3. The van der Waals surface area contributed by atoms with Gasteiger partial charge in [-0.3, -0.25) is 0 Å². The third-order valence-electron chi connectivity index (χ3n) is 1.71. The summed E-state index contributed by atoms with van der Waals surface area (Å²) in [6, 6.07) is 6.76. The molecule has 0 aliphatic heterocycles. The van der Waals surface area contributed by atoms with Crippen molar-refractivity contribution in [1.29, 1.82) is 0 Å². The molecule has 4 heteroatoms. The molecule has 0 heterocycles. The van der Waals surface area contributed by atoms with Crippen molar-refractivity contribution in [3.63, 3.8) is 0 Å². The van der Waals surface area contributed by atoms with Crippen LogP contribution in [0.4, 0.5) is 8.78 Å². The molecule has 0 saturated heterocycles. The summed E-state index contributed by atoms with van der Waals surface area (Å²) in [5.41, 5.74) is 6.35. The molecule has 1 rings (SSSR count). The van der Waals surface area contributed by atoms with Gasteiger partial charge in [0.05, 0.1) is 0 Å². The molecule has 0 bridgehead atoms. The first-order valence-electron chi connectivity index (χ1n) is 3.89. The van der Waals surface area contributed by atoms with E-state index in [0.717, 1.165) is 9.13 Å². The Morgan fingerprint density at radius 2 is 2.08 bits per heavy atom. The molecule has 0 aliphatic rings. The molecule has 1 aromatic rings. The van der Waals surface area contributed by atoms with Crippen LogP contribution in [-0.2, 0) is 0 Å². The van der Waals surface area contributed by atoms with Crippen LogP contribution in [0.5, 0.6) is 0 Å². The van der Waals surface area contributed by atoms with Gasteiger partial charge in [0.1, 0.15) is 0 Å². The second-order valence-electron chi connectivity index (χ2n) is 2.79. The lowest BCUT2D eigenvalue weighted by Gasteiger charge is -2.11. The van der Waals surface area contributed by atoms with Crippen molar-refractivity contribution in [2.24, 2.45) is 5.73 Å². The maximum Gasteiger partial charge on any atom is 0.240 e. The lowest BCUT2D eigenvalue weighted by Crippen LogP contribution is -2.13. The molecule has 2 N–H and O–H groups in total. The average Bonchev–Trinajstić information content (AvgIpc) is 2.03. The van der Waals surface area contributed by atoms with Gasteiger partial charge in [-0.15, -0.1) is 0 Å². The summed E-state index contributed by atoms with van der Waals surface area (Å²) < 4.78 is 25.0. The Labute approximate surface area is 89.5 Å². The van der Waals surface area contributed by atoms with Crippen LogP contribution in [0.2, 0.25) is 0 Å². The molecule has 0 fully saturated rings. The number of alkyl halides is 2. The first-order chi connectivity index (χ1) is 6.09. The molecule has 0 aliphatic carbocycles. The van der Waals surface area contributed by atoms with Gasteiger partial charge < -0.3 is 5.73 Å². The third-order valence-corrected chi connectivity index (χ3v) is 2.38. The van der Waals surface area contributed by atoms with Crippen LogP contribution in [0.1, 0.15) is 18.0 Å². The van der Waals surface area contributed by atoms with Crippen LogP contribution in [0.15, 0.2) is 24.3 Å². The van der Waals surface area contributed by atoms with E-state index in [0.29, 0.717) is 0 Å². The molecule has 1 atom stereocenters. The number of benzene rings is 1. The highest BCUT2D eigenvalue weighted by Gasteiger charge is 2.12. The molecule has 0 radical (unpaired) electrons. The molecule has 0 aromatic heterocycles. The minimum Gasteiger partial charge on any atom is -0.324 e. The normalized spacial score (nSPS) is 13.3. The quantitative estimate of drug-likeness (QED) is 0.853. The van der Waals surface area contributed by atoms with Gasteiger partial charge in [-0.25, -0.2) is 8.78 Å². The van der Waals surface area contributed by atoms with Crippen LogP contribution >= 0.6 is 22.6 Å². The van der Waals surface area contributed by atoms with Crippen molar-refractivity contribution < 1.29 is 8.78 Å². The third kappa shape index (κ3) is 3.56. The molecule has 0 spiro atoms. The Hall–Kier alpha value is -0.230. The predicted octanol–water partition coefficient (Wildman–Crippen LogP) is 2.95. The summed E-state index contributed by atoms with van der Waals surface area (Å²) in [7, 11) is 0. The molecule has 1 aromatic carbocycles. The maximum atomic E-state index is 12.0. The van der Waals surface area contributed by atoms with E-state index in [4.69, 9.17) is 5.73 Å². The van der Waals surface area contributed by atoms with Gasteiger partial charge in [0.25, 0.3) is 0 Å². The highest BCUT2D eigenvalue weighted by atomic mass is 127. The number of hydrogen-bond acceptors (Lipinski definition) is 1. The Bertz CT molecular complexity index is 278. The van der Waals surface area contributed by atoms with Crippen molar-refractivity contribution in [2.75, 3.05) is 0 Å². The molecular formula is C9H10F2IN. The largest absolute Gasteiger partial charge is 0.324 e. The fraction of sp³-hybridized carbons (Fsp3) is 0.333. The van der Waals surface area contributed by atoms with Crippen LogP contribution in [0.25, 0.3) is 0 Å². The van der Waals surface area contributed by atoms with Crippen LogP contribution in [0.3, 0.4) is 0 Å². The van der Waals surface area contributed by atoms with E-state index in [9.17, 15) is 8.78 Å². The summed E-state index contributed by atoms with van der Waals surface area (Å²) in [5.74, 6) is 0. The fourth-order valence-electron chi connectivity index (χ4n) is 1.07. The van der Waals surface area contributed by atoms with Gasteiger partial charge in [0.15, 0.2) is 0 Å². The second-order valence-corrected chi connectivity index (χ2v) is 4.03. The zero-order chi connectivity index (χ0) is 9.84. The van der Waals surface area contributed by atoms with Gasteiger partial charge in [0, 0.05) is 16.0 Å². The Morgan fingerprint density at radius 3 is 2.62 bits per heavy atom. The van der Waals surface area contributed by atoms with Crippen molar-refractivity contribution in [1.82, 2.24) is 0 Å². The highest BCUT2D eigenvalue weighted by Crippen LogP contribution is 2.19. The summed E-state index contributed by atoms with van der Waals surface area (Å²) in [4.78, 5) is 0. The molecule has 0 unspecified atom stereocenters. The van der Waals surface area contributed by atoms with E-state index in [1.165, 1.54) is 0 Å². The van der Waals surface area contributed by atoms with Crippen molar-refractivity contribution >= 4 is 22.6 Å². The van der Waals surface area contributed by atoms with Gasteiger partial charge in [-0.05, 0) is 40.3 Å². The van der Waals surface area contributed by atoms with E-state index in [-0.39, 0.29) is 6.42 Å². The molecule has 13 heavy (non-hydrogen) atoms. The topological polar surface area (TPSA) is 26.0 Å². The minimum atomic E-state index is -2.34. The summed E-state index contributed by atoms with van der Waals surface area (Å²) in [6.07, 6.45) is -2.62. The predicted molar refractivity (Wildman–Crippen MR) is 56.7 cm³/mol. The van der Waals surface area contributed by atoms with E-state index in [1.807, 2.05) is 18.2 Å². The second kappa shape index (κ2) is 4.85. The standard InChI is InChI=1S/C9H10F2IN/c10-9(11)5-8(13)6-2-1-3-7(12)4-6/h1-4,8-9H,5,13H2/t8-/m0/s1. The van der Waals surface area contributed by atoms with Crippen LogP contribution < -0.4 is 5.73 Å². The number of nitrogens with two attached hydrogens (primary N) is 1. The number of hydrogen-bond donors (Lipinski definition) is 1. The zero-order valence-corrected chi connectivity index (χ0v) is 9.04. The fourth-order valence-corrected chi connectivity index (χ4v) is 1.63. The lowest BCUT2D eigenvalue weighted by atomic mass is 10.1. The Morgan fingerprint density at radius 1 is 1.38 bits per heavy atom. The first kappa shape index (κ1) is 10.8. The molecule has 1 nitrogen and oxygen atoms in total. The molecule has 72 valence electrons. The van der Waals surface area contributed by atoms with Gasteiger partial charge in [-0.1, -0.05) is 12.1 Å². The molecule has 0 saturated carbocycles.